The van der Waals surface area contributed by atoms with E-state index in [0.717, 1.165) is 0 Å². The highest BCUT2D eigenvalue weighted by Crippen LogP contribution is 2.17. The minimum Gasteiger partial charge on any atom is -0.478 e. The summed E-state index contributed by atoms with van der Waals surface area (Å²) in [6.07, 6.45) is 1.29. The van der Waals surface area contributed by atoms with Gasteiger partial charge in [-0.05, 0) is 13.0 Å². The number of aromatic carboxylic acids is 1. The highest BCUT2D eigenvalue weighted by Gasteiger charge is 2.11. The average molecular weight is 221 g/mol. The van der Waals surface area contributed by atoms with Crippen LogP contribution in [0.1, 0.15) is 16.1 Å². The van der Waals surface area contributed by atoms with Gasteiger partial charge in [0.25, 0.3) is 0 Å². The molecule has 0 spiro atoms. The third-order valence-electron chi connectivity index (χ3n) is 2.33. The minimum absolute atomic E-state index is 0.0292. The number of carboxylic acid groups (broad SMARTS) is 1. The lowest BCUT2D eigenvalue weighted by molar-refractivity contribution is 0.0696. The van der Waals surface area contributed by atoms with Gasteiger partial charge in [-0.15, -0.1) is 0 Å². The van der Waals surface area contributed by atoms with Crippen molar-refractivity contribution < 1.29 is 15.0 Å². The van der Waals surface area contributed by atoms with E-state index in [1.54, 1.807) is 17.7 Å². The second-order valence-corrected chi connectivity index (χ2v) is 3.43. The molecule has 6 nitrogen and oxygen atoms in total. The van der Waals surface area contributed by atoms with Crippen molar-refractivity contribution in [2.24, 2.45) is 0 Å². The van der Waals surface area contributed by atoms with Crippen LogP contribution in [-0.4, -0.2) is 37.6 Å². The molecule has 0 aliphatic rings. The maximum atomic E-state index is 10.8. The van der Waals surface area contributed by atoms with Crippen LogP contribution in [0.25, 0.3) is 11.0 Å². The molecule has 6 heteroatoms. The number of aliphatic hydroxyl groups excluding tert-OH is 1. The Morgan fingerprint density at radius 1 is 1.56 bits per heavy atom. The largest absolute Gasteiger partial charge is 0.478 e. The van der Waals surface area contributed by atoms with Gasteiger partial charge >= 0.3 is 5.97 Å². The highest BCUT2D eigenvalue weighted by molar-refractivity contribution is 5.92. The van der Waals surface area contributed by atoms with Crippen LogP contribution < -0.4 is 0 Å². The van der Waals surface area contributed by atoms with Crippen molar-refractivity contribution in [3.63, 3.8) is 0 Å². The van der Waals surface area contributed by atoms with Gasteiger partial charge in [0.05, 0.1) is 24.4 Å². The Kier molecular flexibility index (Phi) is 2.57. The molecule has 2 N–H and O–H groups in total. The van der Waals surface area contributed by atoms with Gasteiger partial charge in [0.1, 0.15) is 0 Å². The summed E-state index contributed by atoms with van der Waals surface area (Å²) in [4.78, 5) is 14.8. The van der Waals surface area contributed by atoms with Crippen molar-refractivity contribution in [3.05, 3.63) is 23.5 Å². The standard InChI is InChI=1S/C10H11N3O3/c1-6-8-4-7(10(15)16)5-11-9(8)13(12-6)2-3-14/h4-5,14H,2-3H2,1H3,(H,15,16). The zero-order valence-corrected chi connectivity index (χ0v) is 8.71. The number of aliphatic hydroxyl groups is 1. The summed E-state index contributed by atoms with van der Waals surface area (Å²) in [6.45, 7) is 2.10. The monoisotopic (exact) mass is 221 g/mol. The van der Waals surface area contributed by atoms with Crippen LogP contribution in [-0.2, 0) is 6.54 Å². The van der Waals surface area contributed by atoms with E-state index in [4.69, 9.17) is 10.2 Å². The molecular weight excluding hydrogens is 210 g/mol. The predicted octanol–water partition coefficient (Wildman–Crippen LogP) is 0.430. The van der Waals surface area contributed by atoms with E-state index in [2.05, 4.69) is 10.1 Å². The Labute approximate surface area is 91.1 Å². The number of hydrogen-bond donors (Lipinski definition) is 2. The number of pyridine rings is 1. The molecule has 0 unspecified atom stereocenters. The first-order chi connectivity index (χ1) is 7.63. The van der Waals surface area contributed by atoms with Crippen molar-refractivity contribution in [3.8, 4) is 0 Å². The molecule has 16 heavy (non-hydrogen) atoms. The van der Waals surface area contributed by atoms with Gasteiger partial charge in [0.15, 0.2) is 5.65 Å². The summed E-state index contributed by atoms with van der Waals surface area (Å²) in [5.41, 5.74) is 1.44. The lowest BCUT2D eigenvalue weighted by Gasteiger charge is -1.99. The fraction of sp³-hybridized carbons (Fsp3) is 0.300. The summed E-state index contributed by atoms with van der Waals surface area (Å²) in [6, 6.07) is 1.54. The number of nitrogens with zero attached hydrogens (tertiary/aromatic N) is 3. The molecule has 0 fully saturated rings. The molecule has 2 aromatic rings. The Hall–Kier alpha value is -1.95. The molecule has 2 rings (SSSR count). The molecule has 0 saturated carbocycles. The molecule has 0 atom stereocenters. The van der Waals surface area contributed by atoms with Crippen molar-refractivity contribution in [1.29, 1.82) is 0 Å². The molecule has 0 aromatic carbocycles. The van der Waals surface area contributed by atoms with E-state index in [9.17, 15) is 4.79 Å². The Bertz CT molecular complexity index is 547. The van der Waals surface area contributed by atoms with Crippen LogP contribution in [0.2, 0.25) is 0 Å². The van der Waals surface area contributed by atoms with E-state index >= 15 is 0 Å². The maximum absolute atomic E-state index is 10.8. The number of rotatable bonds is 3. The second-order valence-electron chi connectivity index (χ2n) is 3.43. The number of carboxylic acids is 1. The second kappa shape index (κ2) is 3.90. The molecule has 0 aliphatic carbocycles. The Balaban J connectivity index is 2.61. The number of hydrogen-bond acceptors (Lipinski definition) is 4. The van der Waals surface area contributed by atoms with Gasteiger partial charge in [-0.25, -0.2) is 14.5 Å². The zero-order valence-electron chi connectivity index (χ0n) is 8.71. The molecule has 0 aliphatic heterocycles. The minimum atomic E-state index is -1.01. The molecule has 0 radical (unpaired) electrons. The van der Waals surface area contributed by atoms with Crippen LogP contribution in [0.4, 0.5) is 0 Å². The average Bonchev–Trinajstić information content (AvgIpc) is 2.56. The van der Waals surface area contributed by atoms with Crippen LogP contribution >= 0.6 is 0 Å². The van der Waals surface area contributed by atoms with Gasteiger partial charge < -0.3 is 10.2 Å². The smallest absolute Gasteiger partial charge is 0.337 e. The summed E-state index contributed by atoms with van der Waals surface area (Å²) >= 11 is 0. The van der Waals surface area contributed by atoms with Crippen molar-refractivity contribution in [2.45, 2.75) is 13.5 Å². The predicted molar refractivity (Wildman–Crippen MR) is 56.3 cm³/mol. The molecule has 2 aromatic heterocycles. The molecule has 84 valence electrons. The Morgan fingerprint density at radius 2 is 2.31 bits per heavy atom. The van der Waals surface area contributed by atoms with Crippen LogP contribution in [0.5, 0.6) is 0 Å². The SMILES string of the molecule is Cc1nn(CCO)c2ncc(C(=O)O)cc12. The molecule has 0 saturated heterocycles. The van der Waals surface area contributed by atoms with Crippen molar-refractivity contribution >= 4 is 17.0 Å². The Morgan fingerprint density at radius 3 is 2.94 bits per heavy atom. The summed E-state index contributed by atoms with van der Waals surface area (Å²) in [5.74, 6) is -1.01. The van der Waals surface area contributed by atoms with Gasteiger partial charge in [-0.2, -0.15) is 5.10 Å². The lowest BCUT2D eigenvalue weighted by atomic mass is 10.2. The fourth-order valence-corrected chi connectivity index (χ4v) is 1.58. The third kappa shape index (κ3) is 1.63. The van der Waals surface area contributed by atoms with Gasteiger partial charge in [-0.3, -0.25) is 0 Å². The number of aromatic nitrogens is 3. The molecule has 2 heterocycles. The van der Waals surface area contributed by atoms with Gasteiger partial charge in [0, 0.05) is 11.6 Å². The third-order valence-corrected chi connectivity index (χ3v) is 2.33. The van der Waals surface area contributed by atoms with Crippen LogP contribution in [0, 0.1) is 6.92 Å². The lowest BCUT2D eigenvalue weighted by Crippen LogP contribution is -2.05. The zero-order chi connectivity index (χ0) is 11.7. The summed E-state index contributed by atoms with van der Waals surface area (Å²) in [7, 11) is 0. The molecular formula is C10H11N3O3. The van der Waals surface area contributed by atoms with Gasteiger partial charge in [0.2, 0.25) is 0 Å². The first-order valence-corrected chi connectivity index (χ1v) is 4.81. The summed E-state index contributed by atoms with van der Waals surface area (Å²) < 4.78 is 1.57. The van der Waals surface area contributed by atoms with E-state index in [-0.39, 0.29) is 12.2 Å². The first-order valence-electron chi connectivity index (χ1n) is 4.81. The van der Waals surface area contributed by atoms with E-state index in [1.807, 2.05) is 0 Å². The first kappa shape index (κ1) is 10.6. The number of aryl methyl sites for hydroxylation is 1. The molecule has 0 amide bonds. The number of fused-ring (bicyclic) bond motifs is 1. The van der Waals surface area contributed by atoms with E-state index in [1.165, 1.54) is 6.20 Å². The topological polar surface area (TPSA) is 88.2 Å². The number of carbonyl (C=O) groups is 1. The highest BCUT2D eigenvalue weighted by atomic mass is 16.4. The van der Waals surface area contributed by atoms with E-state index < -0.39 is 5.97 Å². The normalized spacial score (nSPS) is 10.9. The fourth-order valence-electron chi connectivity index (χ4n) is 1.58. The maximum Gasteiger partial charge on any atom is 0.337 e. The summed E-state index contributed by atoms with van der Waals surface area (Å²) in [5, 5.41) is 22.6. The van der Waals surface area contributed by atoms with Crippen LogP contribution in [0.3, 0.4) is 0 Å². The van der Waals surface area contributed by atoms with Crippen molar-refractivity contribution in [1.82, 2.24) is 14.8 Å². The molecule has 0 bridgehead atoms. The van der Waals surface area contributed by atoms with E-state index in [0.29, 0.717) is 23.3 Å². The van der Waals surface area contributed by atoms with Gasteiger partial charge in [-0.1, -0.05) is 0 Å². The van der Waals surface area contributed by atoms with Crippen molar-refractivity contribution in [2.75, 3.05) is 6.61 Å². The quantitative estimate of drug-likeness (QED) is 0.784. The van der Waals surface area contributed by atoms with Crippen LogP contribution in [0.15, 0.2) is 12.3 Å².